The number of carbonyl (C=O) groups excluding carboxylic acids is 2. The number of fused-ring (bicyclic) bond motifs is 7. The van der Waals surface area contributed by atoms with Crippen molar-refractivity contribution in [2.75, 3.05) is 6.54 Å². The lowest BCUT2D eigenvalue weighted by Crippen LogP contribution is -2.33. The summed E-state index contributed by atoms with van der Waals surface area (Å²) in [5.74, 6) is 4.11. The van der Waals surface area contributed by atoms with E-state index >= 15 is 0 Å². The molecule has 358 valence electrons. The molecule has 9 nitrogen and oxygen atoms in total. The molecule has 3 heterocycles. The van der Waals surface area contributed by atoms with Crippen LogP contribution in [-0.4, -0.2) is 32.4 Å². The third-order valence-corrected chi connectivity index (χ3v) is 17.0. The molecule has 3 aromatic rings. The maximum atomic E-state index is 13.2. The number of hydrogen-bond acceptors (Lipinski definition) is 6. The summed E-state index contributed by atoms with van der Waals surface area (Å²) in [6.07, 6.45) is 41.0. The van der Waals surface area contributed by atoms with Crippen molar-refractivity contribution in [1.29, 1.82) is 0 Å². The molecular weight excluding hydrogens is 811 g/mol. The predicted molar refractivity (Wildman–Crippen MR) is 265 cm³/mol. The standard InChI is InChI=1S/C56H83N3O6/c1-4-6-8-10-17-23-29-44-40(27-21-9-7-5-2)34-39(35-41(44)28-22-16-12-14-19-25-33-59-55(64)49-42-30-31-43(36-42)50(49)56(59)65)26-20-15-11-13-18-24-32-58-53(62)47-37-45-46(38-48(47)54(58)63)52(61)57(3)51(45)60/h30-31,37-44,49-50H,4-29,32-36H2,1-3H3. The molecule has 1 aromatic carbocycles. The van der Waals surface area contributed by atoms with Gasteiger partial charge in [-0.15, -0.1) is 0 Å². The minimum absolute atomic E-state index is 0.0685. The van der Waals surface area contributed by atoms with E-state index in [4.69, 9.17) is 0 Å². The van der Waals surface area contributed by atoms with Gasteiger partial charge in [0.05, 0.1) is 33.4 Å². The Hall–Kier alpha value is -3.62. The van der Waals surface area contributed by atoms with E-state index in [0.29, 0.717) is 24.9 Å². The molecule has 8 unspecified atom stereocenters. The van der Waals surface area contributed by atoms with Crippen LogP contribution in [0.25, 0.3) is 21.5 Å². The lowest BCUT2D eigenvalue weighted by atomic mass is 9.62. The Bertz CT molecular complexity index is 2170. The number of carbonyl (C=O) groups is 2. The summed E-state index contributed by atoms with van der Waals surface area (Å²) in [5.41, 5.74) is -1.58. The van der Waals surface area contributed by atoms with E-state index < -0.39 is 11.1 Å². The highest BCUT2D eigenvalue weighted by atomic mass is 16.2. The second-order valence-corrected chi connectivity index (χ2v) is 21.4. The minimum atomic E-state index is -0.431. The maximum Gasteiger partial charge on any atom is 0.261 e. The van der Waals surface area contributed by atoms with Gasteiger partial charge in [-0.2, -0.15) is 0 Å². The van der Waals surface area contributed by atoms with E-state index in [1.807, 2.05) is 0 Å². The fraction of sp³-hybridized carbons (Fsp3) is 0.750. The molecule has 3 fully saturated rings. The zero-order chi connectivity index (χ0) is 45.9. The molecule has 7 rings (SSSR count). The summed E-state index contributed by atoms with van der Waals surface area (Å²) in [7, 11) is 1.42. The van der Waals surface area contributed by atoms with Gasteiger partial charge in [0.15, 0.2) is 0 Å². The molecule has 1 saturated heterocycles. The van der Waals surface area contributed by atoms with E-state index in [2.05, 4.69) is 26.0 Å². The number of aromatic nitrogens is 2. The van der Waals surface area contributed by atoms with Crippen LogP contribution >= 0.6 is 0 Å². The highest BCUT2D eigenvalue weighted by molar-refractivity contribution is 6.06. The Morgan fingerprint density at radius 3 is 1.35 bits per heavy atom. The molecule has 2 amide bonds. The molecule has 1 aliphatic heterocycles. The molecule has 3 aliphatic carbocycles. The van der Waals surface area contributed by atoms with Crippen molar-refractivity contribution in [2.24, 2.45) is 54.4 Å². The second kappa shape index (κ2) is 23.9. The number of amides is 2. The van der Waals surface area contributed by atoms with Gasteiger partial charge in [-0.3, -0.25) is 42.8 Å². The lowest BCUT2D eigenvalue weighted by molar-refractivity contribution is -0.140. The van der Waals surface area contributed by atoms with E-state index in [-0.39, 0.29) is 56.3 Å². The van der Waals surface area contributed by atoms with Gasteiger partial charge in [0.1, 0.15) is 0 Å². The smallest absolute Gasteiger partial charge is 0.261 e. The zero-order valence-corrected chi connectivity index (χ0v) is 40.6. The number of hydrogen-bond donors (Lipinski definition) is 0. The fourth-order valence-electron chi connectivity index (χ4n) is 13.4. The third kappa shape index (κ3) is 11.6. The topological polar surface area (TPSA) is 116 Å². The summed E-state index contributed by atoms with van der Waals surface area (Å²) in [4.78, 5) is 79.2. The van der Waals surface area contributed by atoms with Gasteiger partial charge in [0, 0.05) is 20.1 Å². The first-order valence-electron chi connectivity index (χ1n) is 27.0. The second-order valence-electron chi connectivity index (χ2n) is 21.4. The number of imide groups is 1. The van der Waals surface area contributed by atoms with Crippen LogP contribution in [0.15, 0.2) is 43.5 Å². The summed E-state index contributed by atoms with van der Waals surface area (Å²) < 4.78 is 2.33. The van der Waals surface area contributed by atoms with Crippen LogP contribution in [0.1, 0.15) is 200 Å². The van der Waals surface area contributed by atoms with Crippen LogP contribution in [0.2, 0.25) is 0 Å². The van der Waals surface area contributed by atoms with Crippen LogP contribution in [-0.2, 0) is 23.2 Å². The molecule has 0 spiro atoms. The number of unbranched alkanes of at least 4 members (excludes halogenated alkanes) is 18. The molecule has 2 bridgehead atoms. The average molecular weight is 894 g/mol. The Morgan fingerprint density at radius 1 is 0.446 bits per heavy atom. The van der Waals surface area contributed by atoms with Crippen LogP contribution < -0.4 is 22.2 Å². The van der Waals surface area contributed by atoms with Gasteiger partial charge >= 0.3 is 0 Å². The van der Waals surface area contributed by atoms with Crippen LogP contribution in [0.4, 0.5) is 0 Å². The Labute approximate surface area is 388 Å². The maximum absolute atomic E-state index is 13.2. The molecule has 2 saturated carbocycles. The molecule has 8 atom stereocenters. The molecule has 2 aromatic heterocycles. The number of rotatable bonds is 30. The van der Waals surface area contributed by atoms with E-state index in [9.17, 15) is 28.8 Å². The number of benzene rings is 1. The largest absolute Gasteiger partial charge is 0.282 e. The quantitative estimate of drug-likeness (QED) is 0.0374. The highest BCUT2D eigenvalue weighted by Crippen LogP contribution is 2.52. The van der Waals surface area contributed by atoms with Crippen molar-refractivity contribution in [3.05, 3.63) is 65.7 Å². The van der Waals surface area contributed by atoms with Crippen LogP contribution in [0, 0.1) is 47.3 Å². The van der Waals surface area contributed by atoms with Gasteiger partial charge in [-0.1, -0.05) is 174 Å². The van der Waals surface area contributed by atoms with E-state index in [0.717, 1.165) is 66.8 Å². The highest BCUT2D eigenvalue weighted by Gasteiger charge is 2.59. The first kappa shape index (κ1) is 49.3. The van der Waals surface area contributed by atoms with Crippen molar-refractivity contribution in [3.8, 4) is 0 Å². The van der Waals surface area contributed by atoms with E-state index in [1.165, 1.54) is 171 Å². The molecule has 65 heavy (non-hydrogen) atoms. The molecular formula is C56H83N3O6. The molecule has 4 aliphatic rings. The fourth-order valence-corrected chi connectivity index (χ4v) is 13.4. The van der Waals surface area contributed by atoms with Gasteiger partial charge in [-0.05, 0) is 86.2 Å². The van der Waals surface area contributed by atoms with Crippen molar-refractivity contribution >= 4 is 33.4 Å². The van der Waals surface area contributed by atoms with E-state index in [1.54, 1.807) is 4.90 Å². The van der Waals surface area contributed by atoms with Gasteiger partial charge < -0.3 is 0 Å². The summed E-state index contributed by atoms with van der Waals surface area (Å²) in [6, 6.07) is 2.88. The van der Waals surface area contributed by atoms with Crippen molar-refractivity contribution < 1.29 is 9.59 Å². The summed E-state index contributed by atoms with van der Waals surface area (Å²) in [6.45, 7) is 5.61. The van der Waals surface area contributed by atoms with Crippen LogP contribution in [0.5, 0.6) is 0 Å². The van der Waals surface area contributed by atoms with Crippen molar-refractivity contribution in [1.82, 2.24) is 14.0 Å². The number of likely N-dealkylation sites (tertiary alicyclic amines) is 1. The zero-order valence-electron chi connectivity index (χ0n) is 40.6. The summed E-state index contributed by atoms with van der Waals surface area (Å²) in [5, 5.41) is 0.879. The van der Waals surface area contributed by atoms with Gasteiger partial charge in [0.25, 0.3) is 22.2 Å². The molecule has 9 heteroatoms. The Balaban J connectivity index is 0.845. The number of nitrogens with zero attached hydrogens (tertiary/aromatic N) is 3. The normalized spacial score (nSPS) is 25.1. The first-order valence-corrected chi connectivity index (χ1v) is 27.0. The van der Waals surface area contributed by atoms with Gasteiger partial charge in [0.2, 0.25) is 11.8 Å². The summed E-state index contributed by atoms with van der Waals surface area (Å²) >= 11 is 0. The Morgan fingerprint density at radius 2 is 0.846 bits per heavy atom. The number of allylic oxidation sites excluding steroid dienone is 2. The SMILES string of the molecule is CCCCCCCCC1C(CCCCCC)CC(CCCCCCCCn2c(=O)c3cc4c(=O)n(C)c(=O)c4cc3c2=O)CC1CCCCCCCCN1C(=O)C2C3C=CC(C3)C2C1=O. The molecule has 0 N–H and O–H groups in total. The Kier molecular flexibility index (Phi) is 18.1. The monoisotopic (exact) mass is 894 g/mol. The molecule has 0 radical (unpaired) electrons. The third-order valence-electron chi connectivity index (χ3n) is 17.0. The van der Waals surface area contributed by atoms with Gasteiger partial charge in [-0.25, -0.2) is 0 Å². The van der Waals surface area contributed by atoms with Crippen molar-refractivity contribution in [3.63, 3.8) is 0 Å². The lowest BCUT2D eigenvalue weighted by Gasteiger charge is -2.43. The van der Waals surface area contributed by atoms with Crippen molar-refractivity contribution in [2.45, 2.75) is 207 Å². The average Bonchev–Trinajstić information content (AvgIpc) is 4.09. The first-order chi connectivity index (χ1) is 31.6. The predicted octanol–water partition coefficient (Wildman–Crippen LogP) is 11.7. The minimum Gasteiger partial charge on any atom is -0.282 e. The van der Waals surface area contributed by atoms with Crippen LogP contribution in [0.3, 0.4) is 0 Å².